The van der Waals surface area contributed by atoms with Gasteiger partial charge in [0.2, 0.25) is 0 Å². The third-order valence-corrected chi connectivity index (χ3v) is 2.96. The maximum Gasteiger partial charge on any atom is 0.0483 e. The van der Waals surface area contributed by atoms with Crippen LogP contribution >= 0.6 is 0 Å². The monoisotopic (exact) mass is 273 g/mol. The molecule has 0 bridgehead atoms. The minimum absolute atomic E-state index is 0.167. The summed E-state index contributed by atoms with van der Waals surface area (Å²) in [5, 5.41) is 8.06. The van der Waals surface area contributed by atoms with E-state index in [9.17, 15) is 0 Å². The van der Waals surface area contributed by atoms with Gasteiger partial charge in [-0.15, -0.1) is 0 Å². The molecular formula is C17H39NO. The van der Waals surface area contributed by atoms with Crippen LogP contribution in [0, 0.1) is 0 Å². The first-order valence-electron chi connectivity index (χ1n) is 8.33. The number of nitrogens with zero attached hydrogens (tertiary/aromatic N) is 1. The Morgan fingerprint density at radius 1 is 0.737 bits per heavy atom. The molecule has 0 unspecified atom stereocenters. The Labute approximate surface area is 122 Å². The Hall–Kier alpha value is -0.0800. The highest BCUT2D eigenvalue weighted by Crippen LogP contribution is 2.10. The third kappa shape index (κ3) is 32.0. The highest BCUT2D eigenvalue weighted by atomic mass is 16.3. The van der Waals surface area contributed by atoms with E-state index in [0.717, 1.165) is 0 Å². The second-order valence-corrected chi connectivity index (χ2v) is 6.08. The standard InChI is InChI=1S/C14H31N.C3H8O/c1-4-5-6-7-8-9-10-11-12-13-14-15(2)3;1-3(2)4/h4-14H2,1-3H3;3-4H,1-2H3. The van der Waals surface area contributed by atoms with E-state index in [1.807, 2.05) is 0 Å². The summed E-state index contributed by atoms with van der Waals surface area (Å²) in [5.41, 5.74) is 0. The maximum absolute atomic E-state index is 8.06. The SMILES string of the molecule is CC(C)O.CCCCCCCCCCCCN(C)C. The molecule has 0 spiro atoms. The highest BCUT2D eigenvalue weighted by molar-refractivity contribution is 4.49. The summed E-state index contributed by atoms with van der Waals surface area (Å²) in [6, 6.07) is 0. The van der Waals surface area contributed by atoms with Crippen LogP contribution in [0.2, 0.25) is 0 Å². The van der Waals surface area contributed by atoms with Crippen LogP contribution < -0.4 is 0 Å². The summed E-state index contributed by atoms with van der Waals surface area (Å²) in [5.74, 6) is 0. The van der Waals surface area contributed by atoms with Crippen LogP contribution in [0.25, 0.3) is 0 Å². The van der Waals surface area contributed by atoms with E-state index in [2.05, 4.69) is 25.9 Å². The van der Waals surface area contributed by atoms with Crippen molar-refractivity contribution in [3.05, 3.63) is 0 Å². The lowest BCUT2D eigenvalue weighted by Gasteiger charge is -2.08. The fraction of sp³-hybridized carbons (Fsp3) is 1.00. The Kier molecular flexibility index (Phi) is 20.0. The molecule has 0 heterocycles. The molecule has 0 rings (SSSR count). The summed E-state index contributed by atoms with van der Waals surface area (Å²) in [7, 11) is 4.32. The molecule has 0 saturated heterocycles. The van der Waals surface area contributed by atoms with Crippen molar-refractivity contribution in [2.45, 2.75) is 91.1 Å². The molecule has 1 N–H and O–H groups in total. The first kappa shape index (κ1) is 21.2. The lowest BCUT2D eigenvalue weighted by Crippen LogP contribution is -2.12. The van der Waals surface area contributed by atoms with Crippen molar-refractivity contribution in [1.82, 2.24) is 4.90 Å². The topological polar surface area (TPSA) is 23.5 Å². The van der Waals surface area contributed by atoms with Crippen molar-refractivity contribution in [2.75, 3.05) is 20.6 Å². The lowest BCUT2D eigenvalue weighted by molar-refractivity contribution is 0.216. The smallest absolute Gasteiger partial charge is 0.0483 e. The molecule has 0 aromatic heterocycles. The van der Waals surface area contributed by atoms with Crippen molar-refractivity contribution in [1.29, 1.82) is 0 Å². The quantitative estimate of drug-likeness (QED) is 0.544. The molecule has 2 nitrogen and oxygen atoms in total. The highest BCUT2D eigenvalue weighted by Gasteiger charge is 1.93. The van der Waals surface area contributed by atoms with Gasteiger partial charge in [0.1, 0.15) is 0 Å². The molecule has 0 atom stereocenters. The van der Waals surface area contributed by atoms with Crippen LogP contribution in [0.1, 0.15) is 85.0 Å². The zero-order chi connectivity index (χ0) is 14.9. The van der Waals surface area contributed by atoms with Crippen LogP contribution in [-0.4, -0.2) is 36.8 Å². The molecule has 0 radical (unpaired) electrons. The zero-order valence-electron chi connectivity index (χ0n) is 14.2. The predicted molar refractivity (Wildman–Crippen MR) is 87.8 cm³/mol. The Morgan fingerprint density at radius 3 is 1.37 bits per heavy atom. The van der Waals surface area contributed by atoms with E-state index in [4.69, 9.17) is 5.11 Å². The van der Waals surface area contributed by atoms with Gasteiger partial charge in [0.25, 0.3) is 0 Å². The van der Waals surface area contributed by atoms with Crippen LogP contribution in [0.3, 0.4) is 0 Å². The molecule has 118 valence electrons. The first-order valence-corrected chi connectivity index (χ1v) is 8.33. The molecule has 0 aromatic rings. The number of hydrogen-bond acceptors (Lipinski definition) is 2. The van der Waals surface area contributed by atoms with Gasteiger partial charge in [0.05, 0.1) is 0 Å². The average molecular weight is 274 g/mol. The fourth-order valence-corrected chi connectivity index (χ4v) is 1.92. The summed E-state index contributed by atoms with van der Waals surface area (Å²) in [6.45, 7) is 6.99. The second kappa shape index (κ2) is 17.9. The van der Waals surface area contributed by atoms with Gasteiger partial charge in [0, 0.05) is 6.10 Å². The first-order chi connectivity index (χ1) is 9.00. The van der Waals surface area contributed by atoms with Crippen molar-refractivity contribution in [3.63, 3.8) is 0 Å². The zero-order valence-corrected chi connectivity index (χ0v) is 14.2. The van der Waals surface area contributed by atoms with E-state index >= 15 is 0 Å². The Balaban J connectivity index is 0. The van der Waals surface area contributed by atoms with Gasteiger partial charge >= 0.3 is 0 Å². The number of hydrogen-bond donors (Lipinski definition) is 1. The van der Waals surface area contributed by atoms with Gasteiger partial charge in [-0.05, 0) is 40.9 Å². The summed E-state index contributed by atoms with van der Waals surface area (Å²) < 4.78 is 0. The van der Waals surface area contributed by atoms with E-state index < -0.39 is 0 Å². The van der Waals surface area contributed by atoms with Crippen LogP contribution in [0.4, 0.5) is 0 Å². The molecule has 19 heavy (non-hydrogen) atoms. The Morgan fingerprint density at radius 2 is 1.05 bits per heavy atom. The molecule has 0 aliphatic heterocycles. The van der Waals surface area contributed by atoms with Crippen LogP contribution in [0.5, 0.6) is 0 Å². The summed E-state index contributed by atoms with van der Waals surface area (Å²) in [4.78, 5) is 2.28. The van der Waals surface area contributed by atoms with Crippen molar-refractivity contribution in [3.8, 4) is 0 Å². The number of aliphatic hydroxyl groups is 1. The molecule has 0 aromatic carbocycles. The molecule has 0 fully saturated rings. The van der Waals surface area contributed by atoms with Gasteiger partial charge in [0.15, 0.2) is 0 Å². The largest absolute Gasteiger partial charge is 0.394 e. The second-order valence-electron chi connectivity index (χ2n) is 6.08. The summed E-state index contributed by atoms with van der Waals surface area (Å²) >= 11 is 0. The van der Waals surface area contributed by atoms with Gasteiger partial charge in [-0.3, -0.25) is 0 Å². The van der Waals surface area contributed by atoms with Crippen LogP contribution in [-0.2, 0) is 0 Å². The van der Waals surface area contributed by atoms with E-state index in [-0.39, 0.29) is 6.10 Å². The number of aliphatic hydroxyl groups excluding tert-OH is 1. The van der Waals surface area contributed by atoms with Crippen molar-refractivity contribution < 1.29 is 5.11 Å². The van der Waals surface area contributed by atoms with E-state index in [1.54, 1.807) is 13.8 Å². The third-order valence-electron chi connectivity index (χ3n) is 2.96. The van der Waals surface area contributed by atoms with E-state index in [1.165, 1.54) is 70.8 Å². The maximum atomic E-state index is 8.06. The predicted octanol–water partition coefficient (Wildman–Crippen LogP) is 4.86. The van der Waals surface area contributed by atoms with Gasteiger partial charge in [-0.1, -0.05) is 64.7 Å². The van der Waals surface area contributed by atoms with Gasteiger partial charge in [-0.25, -0.2) is 0 Å². The van der Waals surface area contributed by atoms with Crippen molar-refractivity contribution >= 4 is 0 Å². The summed E-state index contributed by atoms with van der Waals surface area (Å²) in [6.07, 6.45) is 14.2. The van der Waals surface area contributed by atoms with Gasteiger partial charge in [-0.2, -0.15) is 0 Å². The lowest BCUT2D eigenvalue weighted by atomic mass is 10.1. The molecule has 0 aliphatic rings. The molecular weight excluding hydrogens is 234 g/mol. The minimum Gasteiger partial charge on any atom is -0.394 e. The molecule has 0 aliphatic carbocycles. The normalized spacial score (nSPS) is 10.7. The molecule has 2 heteroatoms. The Bertz CT molecular complexity index is 143. The molecule has 0 amide bonds. The van der Waals surface area contributed by atoms with Crippen LogP contribution in [0.15, 0.2) is 0 Å². The number of rotatable bonds is 11. The van der Waals surface area contributed by atoms with Gasteiger partial charge < -0.3 is 10.0 Å². The average Bonchev–Trinajstić information content (AvgIpc) is 2.30. The van der Waals surface area contributed by atoms with Crippen molar-refractivity contribution in [2.24, 2.45) is 0 Å². The fourth-order valence-electron chi connectivity index (χ4n) is 1.92. The number of unbranched alkanes of at least 4 members (excludes halogenated alkanes) is 9. The molecule has 0 saturated carbocycles. The van der Waals surface area contributed by atoms with E-state index in [0.29, 0.717) is 0 Å². The minimum atomic E-state index is -0.167.